The molecule has 0 spiro atoms. The first-order valence-electron chi connectivity index (χ1n) is 10.9. The number of nitrogens with one attached hydrogen (secondary N) is 1. The van der Waals surface area contributed by atoms with Crippen molar-refractivity contribution < 1.29 is 52.8 Å². The van der Waals surface area contributed by atoms with Crippen molar-refractivity contribution in [3.05, 3.63) is 24.3 Å². The topological polar surface area (TPSA) is 164 Å². The lowest BCUT2D eigenvalue weighted by molar-refractivity contribution is -0.166. The summed E-state index contributed by atoms with van der Waals surface area (Å²) in [5, 5.41) is 12.6. The number of rotatable bonds is 15. The van der Waals surface area contributed by atoms with Gasteiger partial charge in [-0.15, -0.1) is 0 Å². The molecule has 0 aliphatic heterocycles. The Bertz CT molecular complexity index is 836. The molecule has 2 N–H and O–H groups in total. The maximum Gasteiger partial charge on any atom is 0.306 e. The zero-order valence-electron chi connectivity index (χ0n) is 19.9. The fourth-order valence-electron chi connectivity index (χ4n) is 2.54. The van der Waals surface area contributed by atoms with Crippen LogP contribution in [-0.4, -0.2) is 67.1 Å². The lowest BCUT2D eigenvalue weighted by Gasteiger charge is -2.17. The highest BCUT2D eigenvalue weighted by Crippen LogP contribution is 2.17. The molecule has 1 aromatic rings. The summed E-state index contributed by atoms with van der Waals surface area (Å²) >= 11 is 0. The Kier molecular flexibility index (Phi) is 13.5. The lowest BCUT2D eigenvalue weighted by Crippen LogP contribution is -2.30. The van der Waals surface area contributed by atoms with E-state index in [1.54, 1.807) is 24.3 Å². The number of aliphatic hydroxyl groups excluding tert-OH is 1. The van der Waals surface area contributed by atoms with Crippen molar-refractivity contribution >= 4 is 35.5 Å². The molecule has 1 rings (SSSR count). The Balaban J connectivity index is 2.25. The van der Waals surface area contributed by atoms with E-state index >= 15 is 0 Å². The summed E-state index contributed by atoms with van der Waals surface area (Å²) in [4.78, 5) is 56.6. The van der Waals surface area contributed by atoms with Crippen molar-refractivity contribution in [1.29, 1.82) is 0 Å². The maximum absolute atomic E-state index is 11.9. The predicted octanol–water partition coefficient (Wildman–Crippen LogP) is 1.48. The minimum Gasteiger partial charge on any atom is -0.466 e. The number of hydrogen-bond donors (Lipinski definition) is 2. The van der Waals surface area contributed by atoms with Gasteiger partial charge in [-0.1, -0.05) is 0 Å². The first-order valence-corrected chi connectivity index (χ1v) is 10.9. The van der Waals surface area contributed by atoms with Crippen LogP contribution in [0.1, 0.15) is 46.5 Å². The van der Waals surface area contributed by atoms with Crippen LogP contribution in [0.15, 0.2) is 24.3 Å². The van der Waals surface area contributed by atoms with E-state index in [1.807, 2.05) is 0 Å². The van der Waals surface area contributed by atoms with Gasteiger partial charge in [0.05, 0.1) is 19.4 Å². The predicted molar refractivity (Wildman–Crippen MR) is 120 cm³/mol. The van der Waals surface area contributed by atoms with Crippen molar-refractivity contribution in [2.24, 2.45) is 0 Å². The summed E-state index contributed by atoms with van der Waals surface area (Å²) in [6.45, 7) is 3.18. The molecular formula is C23H31NO11. The summed E-state index contributed by atoms with van der Waals surface area (Å²) in [6, 6.07) is 6.45. The van der Waals surface area contributed by atoms with Gasteiger partial charge in [-0.2, -0.15) is 0 Å². The van der Waals surface area contributed by atoms with Crippen molar-refractivity contribution in [2.75, 3.05) is 25.1 Å². The third kappa shape index (κ3) is 15.0. The molecule has 1 unspecified atom stereocenters. The third-order valence-electron chi connectivity index (χ3n) is 4.08. The number of carbonyl (C=O) groups is 5. The monoisotopic (exact) mass is 497 g/mol. The normalized spacial score (nSPS) is 11.2. The quantitative estimate of drug-likeness (QED) is 0.156. The number of aliphatic hydroxyl groups is 1. The zero-order chi connectivity index (χ0) is 26.2. The Hall–Kier alpha value is -3.67. The molecule has 0 saturated heterocycles. The molecule has 0 saturated carbocycles. The molecule has 1 aromatic carbocycles. The molecule has 194 valence electrons. The van der Waals surface area contributed by atoms with Crippen LogP contribution in [0, 0.1) is 0 Å². The second-order valence-electron chi connectivity index (χ2n) is 7.36. The van der Waals surface area contributed by atoms with E-state index in [1.165, 1.54) is 20.8 Å². The summed E-state index contributed by atoms with van der Waals surface area (Å²) < 4.78 is 24.9. The molecule has 0 radical (unpaired) electrons. The third-order valence-corrected chi connectivity index (χ3v) is 4.08. The van der Waals surface area contributed by atoms with Gasteiger partial charge in [-0.05, 0) is 30.7 Å². The molecule has 0 aliphatic rings. The summed E-state index contributed by atoms with van der Waals surface area (Å²) in [5.74, 6) is -2.36. The van der Waals surface area contributed by atoms with E-state index in [9.17, 15) is 29.1 Å². The number of ether oxygens (including phenoxy) is 5. The van der Waals surface area contributed by atoms with Crippen LogP contribution in [0.3, 0.4) is 0 Å². The Labute approximate surface area is 202 Å². The molecule has 1 atom stereocenters. The molecule has 35 heavy (non-hydrogen) atoms. The van der Waals surface area contributed by atoms with E-state index in [2.05, 4.69) is 5.32 Å². The second kappa shape index (κ2) is 16.0. The molecule has 0 fully saturated rings. The summed E-state index contributed by atoms with van der Waals surface area (Å²) in [6.07, 6.45) is -2.14. The lowest BCUT2D eigenvalue weighted by atomic mass is 10.3. The van der Waals surface area contributed by atoms with Gasteiger partial charge in [-0.25, -0.2) is 0 Å². The number of hydrogen-bond acceptors (Lipinski definition) is 11. The van der Waals surface area contributed by atoms with Crippen LogP contribution in [0.2, 0.25) is 0 Å². The first kappa shape index (κ1) is 29.4. The van der Waals surface area contributed by atoms with Gasteiger partial charge in [0.2, 0.25) is 5.91 Å². The molecule has 0 bridgehead atoms. The molecular weight excluding hydrogens is 466 g/mol. The van der Waals surface area contributed by atoms with Crippen LogP contribution in [0.5, 0.6) is 5.75 Å². The van der Waals surface area contributed by atoms with Crippen molar-refractivity contribution in [2.45, 2.75) is 58.8 Å². The highest BCUT2D eigenvalue weighted by molar-refractivity contribution is 5.88. The SMILES string of the molecule is CC(=O)Nc1ccc(OC(O)CCCOC(=O)CCC(=O)OC(COC(C)=O)COC(C)=O)cc1. The van der Waals surface area contributed by atoms with Crippen molar-refractivity contribution in [3.63, 3.8) is 0 Å². The van der Waals surface area contributed by atoms with Gasteiger partial charge in [0.1, 0.15) is 19.0 Å². The van der Waals surface area contributed by atoms with Crippen molar-refractivity contribution in [3.8, 4) is 5.75 Å². The smallest absolute Gasteiger partial charge is 0.306 e. The number of carbonyl (C=O) groups excluding carboxylic acids is 5. The highest BCUT2D eigenvalue weighted by atomic mass is 16.6. The molecule has 12 heteroatoms. The first-order chi connectivity index (χ1) is 16.5. The van der Waals surface area contributed by atoms with E-state index in [0.29, 0.717) is 17.9 Å². The largest absolute Gasteiger partial charge is 0.466 e. The van der Waals surface area contributed by atoms with Crippen LogP contribution in [0.4, 0.5) is 5.69 Å². The molecule has 0 heterocycles. The molecule has 1 amide bonds. The van der Waals surface area contributed by atoms with Crippen LogP contribution in [-0.2, 0) is 42.9 Å². The van der Waals surface area contributed by atoms with Gasteiger partial charge in [0.15, 0.2) is 12.4 Å². The maximum atomic E-state index is 11.9. The van der Waals surface area contributed by atoms with Gasteiger partial charge >= 0.3 is 23.9 Å². The van der Waals surface area contributed by atoms with Crippen LogP contribution < -0.4 is 10.1 Å². The average Bonchev–Trinajstić information content (AvgIpc) is 2.78. The van der Waals surface area contributed by atoms with E-state index in [4.69, 9.17) is 23.7 Å². The van der Waals surface area contributed by atoms with Crippen LogP contribution in [0.25, 0.3) is 0 Å². The van der Waals surface area contributed by atoms with E-state index in [0.717, 1.165) is 0 Å². The van der Waals surface area contributed by atoms with E-state index < -0.39 is 36.3 Å². The summed E-state index contributed by atoms with van der Waals surface area (Å²) in [5.41, 5.74) is 0.597. The standard InChI is InChI=1S/C23H31NO11/c1-15(25)24-18-6-8-19(9-7-18)34-22(29)5-4-12-31-21(28)10-11-23(30)35-20(13-32-16(2)26)14-33-17(3)27/h6-9,20,22,29H,4-5,10-14H2,1-3H3,(H,24,25). The van der Waals surface area contributed by atoms with Gasteiger partial charge in [0.25, 0.3) is 0 Å². The van der Waals surface area contributed by atoms with Crippen molar-refractivity contribution in [1.82, 2.24) is 0 Å². The number of anilines is 1. The van der Waals surface area contributed by atoms with E-state index in [-0.39, 0.29) is 45.0 Å². The second-order valence-corrected chi connectivity index (χ2v) is 7.36. The van der Waals surface area contributed by atoms with Gasteiger partial charge in [0, 0.05) is 32.9 Å². The fourth-order valence-corrected chi connectivity index (χ4v) is 2.54. The molecule has 0 aliphatic carbocycles. The Morgan fingerprint density at radius 2 is 1.43 bits per heavy atom. The fraction of sp³-hybridized carbons (Fsp3) is 0.522. The minimum atomic E-state index is -1.12. The average molecular weight is 497 g/mol. The zero-order valence-corrected chi connectivity index (χ0v) is 19.9. The Morgan fingerprint density at radius 1 is 0.857 bits per heavy atom. The van der Waals surface area contributed by atoms with Gasteiger partial charge in [-0.3, -0.25) is 24.0 Å². The number of amides is 1. The van der Waals surface area contributed by atoms with Crippen LogP contribution >= 0.6 is 0 Å². The molecule has 12 nitrogen and oxygen atoms in total. The highest BCUT2D eigenvalue weighted by Gasteiger charge is 2.19. The number of benzene rings is 1. The number of esters is 4. The molecule has 0 aromatic heterocycles. The van der Waals surface area contributed by atoms with Gasteiger partial charge < -0.3 is 34.1 Å². The Morgan fingerprint density at radius 3 is 1.97 bits per heavy atom. The summed E-state index contributed by atoms with van der Waals surface area (Å²) in [7, 11) is 0. The minimum absolute atomic E-state index is 0.0112.